The smallest absolute Gasteiger partial charge is 0.234 e. The maximum absolute atomic E-state index is 12.8. The van der Waals surface area contributed by atoms with Crippen molar-refractivity contribution in [2.24, 2.45) is 5.92 Å². The van der Waals surface area contributed by atoms with E-state index < -0.39 is 0 Å². The van der Waals surface area contributed by atoms with Gasteiger partial charge in [-0.15, -0.1) is 10.2 Å². The van der Waals surface area contributed by atoms with Gasteiger partial charge in [-0.05, 0) is 30.4 Å². The maximum atomic E-state index is 12.8. The SMILES string of the molecule is CC(C)c1nnc(S[C@H](C(=O)NCc2cccnc2)C(C)C)n1C1CC1. The molecule has 0 aromatic carbocycles. The Balaban J connectivity index is 1.71. The largest absolute Gasteiger partial charge is 0.351 e. The molecule has 0 radical (unpaired) electrons. The highest BCUT2D eigenvalue weighted by atomic mass is 32.2. The molecule has 0 aliphatic heterocycles. The number of carbonyl (C=O) groups is 1. The number of carbonyl (C=O) groups excluding carboxylic acids is 1. The summed E-state index contributed by atoms with van der Waals surface area (Å²) >= 11 is 1.53. The van der Waals surface area contributed by atoms with E-state index in [4.69, 9.17) is 0 Å². The quantitative estimate of drug-likeness (QED) is 0.716. The number of pyridine rings is 1. The topological polar surface area (TPSA) is 72.7 Å². The number of hydrogen-bond donors (Lipinski definition) is 1. The van der Waals surface area contributed by atoms with Gasteiger partial charge in [0.15, 0.2) is 5.16 Å². The Hall–Kier alpha value is -1.89. The summed E-state index contributed by atoms with van der Waals surface area (Å²) in [5.74, 6) is 1.58. The molecule has 140 valence electrons. The Kier molecular flexibility index (Phi) is 5.96. The zero-order valence-corrected chi connectivity index (χ0v) is 16.7. The number of aromatic nitrogens is 4. The van der Waals surface area contributed by atoms with Gasteiger partial charge in [0.2, 0.25) is 5.91 Å². The molecule has 2 aromatic rings. The number of nitrogens with zero attached hydrogens (tertiary/aromatic N) is 4. The minimum atomic E-state index is -0.201. The summed E-state index contributed by atoms with van der Waals surface area (Å²) in [5, 5.41) is 12.5. The Bertz CT molecular complexity index is 740. The summed E-state index contributed by atoms with van der Waals surface area (Å²) in [5.41, 5.74) is 0.997. The van der Waals surface area contributed by atoms with Crippen molar-refractivity contribution in [3.63, 3.8) is 0 Å². The lowest BCUT2D eigenvalue weighted by Crippen LogP contribution is -2.35. The van der Waals surface area contributed by atoms with Crippen molar-refractivity contribution >= 4 is 17.7 Å². The van der Waals surface area contributed by atoms with E-state index in [1.54, 1.807) is 12.4 Å². The van der Waals surface area contributed by atoms with Gasteiger partial charge in [-0.3, -0.25) is 9.78 Å². The third-order valence-corrected chi connectivity index (χ3v) is 5.91. The standard InChI is InChI=1S/C19H27N5OS/c1-12(2)16(18(25)21-11-14-6-5-9-20-10-14)26-19-23-22-17(13(3)4)24(19)15-7-8-15/h5-6,9-10,12-13,15-16H,7-8,11H2,1-4H3,(H,21,25)/t16-/m0/s1. The normalized spacial score (nSPS) is 15.5. The monoisotopic (exact) mass is 373 g/mol. The third-order valence-electron chi connectivity index (χ3n) is 4.41. The Morgan fingerprint density at radius 2 is 2.08 bits per heavy atom. The predicted molar refractivity (Wildman–Crippen MR) is 103 cm³/mol. The fourth-order valence-electron chi connectivity index (χ4n) is 2.84. The maximum Gasteiger partial charge on any atom is 0.234 e. The van der Waals surface area contributed by atoms with Crippen molar-refractivity contribution in [1.82, 2.24) is 25.1 Å². The van der Waals surface area contributed by atoms with Gasteiger partial charge in [-0.2, -0.15) is 0 Å². The van der Waals surface area contributed by atoms with Crippen LogP contribution < -0.4 is 5.32 Å². The summed E-state index contributed by atoms with van der Waals surface area (Å²) in [6.07, 6.45) is 5.85. The van der Waals surface area contributed by atoms with Crippen molar-refractivity contribution in [3.05, 3.63) is 35.9 Å². The van der Waals surface area contributed by atoms with Gasteiger partial charge >= 0.3 is 0 Å². The van der Waals surface area contributed by atoms with Crippen LogP contribution in [-0.2, 0) is 11.3 Å². The van der Waals surface area contributed by atoms with Crippen LogP contribution in [-0.4, -0.2) is 30.9 Å². The summed E-state index contributed by atoms with van der Waals surface area (Å²) < 4.78 is 2.25. The van der Waals surface area contributed by atoms with Crippen molar-refractivity contribution in [3.8, 4) is 0 Å². The average molecular weight is 374 g/mol. The van der Waals surface area contributed by atoms with Crippen LogP contribution in [0.3, 0.4) is 0 Å². The Labute approximate surface area is 159 Å². The van der Waals surface area contributed by atoms with E-state index in [0.29, 0.717) is 18.5 Å². The molecule has 1 aliphatic carbocycles. The molecular weight excluding hydrogens is 346 g/mol. The van der Waals surface area contributed by atoms with Gasteiger partial charge < -0.3 is 9.88 Å². The van der Waals surface area contributed by atoms with Gasteiger partial charge in [0, 0.05) is 30.9 Å². The molecule has 1 amide bonds. The Morgan fingerprint density at radius 3 is 2.65 bits per heavy atom. The van der Waals surface area contributed by atoms with Gasteiger partial charge in [-0.1, -0.05) is 45.5 Å². The molecule has 26 heavy (non-hydrogen) atoms. The summed E-state index contributed by atoms with van der Waals surface area (Å²) in [7, 11) is 0. The molecule has 6 nitrogen and oxygen atoms in total. The number of amides is 1. The van der Waals surface area contributed by atoms with Crippen molar-refractivity contribution in [2.45, 2.75) is 69.4 Å². The first-order valence-corrected chi connectivity index (χ1v) is 10.1. The molecule has 1 atom stereocenters. The molecule has 0 spiro atoms. The van der Waals surface area contributed by atoms with Crippen molar-refractivity contribution < 1.29 is 4.79 Å². The number of nitrogens with one attached hydrogen (secondary N) is 1. The summed E-state index contributed by atoms with van der Waals surface area (Å²) in [6.45, 7) is 8.91. The highest BCUT2D eigenvalue weighted by Gasteiger charge is 2.33. The highest BCUT2D eigenvalue weighted by molar-refractivity contribution is 8.00. The van der Waals surface area contributed by atoms with Crippen LogP contribution >= 0.6 is 11.8 Å². The number of thioether (sulfide) groups is 1. The van der Waals surface area contributed by atoms with Crippen LogP contribution in [0.25, 0.3) is 0 Å². The molecule has 1 aliphatic rings. The fraction of sp³-hybridized carbons (Fsp3) is 0.579. The van der Waals surface area contributed by atoms with Crippen molar-refractivity contribution in [1.29, 1.82) is 0 Å². The predicted octanol–water partition coefficient (Wildman–Crippen LogP) is 3.56. The average Bonchev–Trinajstić information content (AvgIpc) is 3.37. The molecule has 0 bridgehead atoms. The van der Waals surface area contributed by atoms with Crippen molar-refractivity contribution in [2.75, 3.05) is 0 Å². The van der Waals surface area contributed by atoms with Gasteiger partial charge in [0.05, 0.1) is 5.25 Å². The van der Waals surface area contributed by atoms with Gasteiger partial charge in [0.25, 0.3) is 0 Å². The molecular formula is C19H27N5OS. The van der Waals surface area contributed by atoms with E-state index in [0.717, 1.165) is 16.5 Å². The van der Waals surface area contributed by atoms with Crippen LogP contribution in [0.15, 0.2) is 29.7 Å². The van der Waals surface area contributed by atoms with Gasteiger partial charge in [-0.25, -0.2) is 0 Å². The minimum Gasteiger partial charge on any atom is -0.351 e. The first-order chi connectivity index (χ1) is 12.5. The molecule has 0 saturated heterocycles. The zero-order chi connectivity index (χ0) is 18.7. The third kappa shape index (κ3) is 4.44. The lowest BCUT2D eigenvalue weighted by Gasteiger charge is -2.20. The van der Waals surface area contributed by atoms with Crippen LogP contribution in [0.4, 0.5) is 0 Å². The zero-order valence-electron chi connectivity index (χ0n) is 15.8. The molecule has 7 heteroatoms. The fourth-order valence-corrected chi connectivity index (χ4v) is 3.97. The molecule has 0 unspecified atom stereocenters. The van der Waals surface area contributed by atoms with E-state index in [9.17, 15) is 4.79 Å². The molecule has 1 saturated carbocycles. The highest BCUT2D eigenvalue weighted by Crippen LogP contribution is 2.41. The van der Waals surface area contributed by atoms with E-state index in [-0.39, 0.29) is 17.1 Å². The lowest BCUT2D eigenvalue weighted by molar-refractivity contribution is -0.121. The number of rotatable bonds is 8. The first-order valence-electron chi connectivity index (χ1n) is 9.25. The van der Waals surface area contributed by atoms with Crippen LogP contribution in [0.1, 0.15) is 63.9 Å². The summed E-state index contributed by atoms with van der Waals surface area (Å²) in [4.78, 5) is 16.9. The second kappa shape index (κ2) is 8.20. The molecule has 2 aromatic heterocycles. The van der Waals surface area contributed by atoms with E-state index in [2.05, 4.69) is 52.8 Å². The molecule has 1 N–H and O–H groups in total. The van der Waals surface area contributed by atoms with E-state index in [1.165, 1.54) is 24.6 Å². The van der Waals surface area contributed by atoms with Crippen LogP contribution in [0.5, 0.6) is 0 Å². The van der Waals surface area contributed by atoms with Gasteiger partial charge in [0.1, 0.15) is 5.82 Å². The van der Waals surface area contributed by atoms with Crippen LogP contribution in [0.2, 0.25) is 0 Å². The van der Waals surface area contributed by atoms with E-state index >= 15 is 0 Å². The Morgan fingerprint density at radius 1 is 1.31 bits per heavy atom. The van der Waals surface area contributed by atoms with E-state index in [1.807, 2.05) is 12.1 Å². The number of hydrogen-bond acceptors (Lipinski definition) is 5. The summed E-state index contributed by atoms with van der Waals surface area (Å²) in [6, 6.07) is 4.33. The second-order valence-corrected chi connectivity index (χ2v) is 8.57. The minimum absolute atomic E-state index is 0.0327. The lowest BCUT2D eigenvalue weighted by atomic mass is 10.1. The first kappa shape index (κ1) is 18.9. The molecule has 1 fully saturated rings. The second-order valence-electron chi connectivity index (χ2n) is 7.46. The molecule has 3 rings (SSSR count). The van der Waals surface area contributed by atoms with Crippen LogP contribution in [0, 0.1) is 5.92 Å². The molecule has 2 heterocycles.